The van der Waals surface area contributed by atoms with Crippen molar-refractivity contribution in [2.75, 3.05) is 0 Å². The second-order valence-corrected chi connectivity index (χ2v) is 5.20. The van der Waals surface area contributed by atoms with Gasteiger partial charge >= 0.3 is 0 Å². The van der Waals surface area contributed by atoms with Crippen LogP contribution in [-0.2, 0) is 0 Å². The van der Waals surface area contributed by atoms with Crippen LogP contribution in [0, 0.1) is 27.4 Å². The lowest BCUT2D eigenvalue weighted by Gasteiger charge is -2.22. The van der Waals surface area contributed by atoms with Crippen LogP contribution in [0.2, 0.25) is 0 Å². The van der Waals surface area contributed by atoms with Gasteiger partial charge in [-0.25, -0.2) is 0 Å². The molecule has 0 bridgehead atoms. The third-order valence-electron chi connectivity index (χ3n) is 3.51. The van der Waals surface area contributed by atoms with Gasteiger partial charge in [0.15, 0.2) is 0 Å². The van der Waals surface area contributed by atoms with E-state index in [0.29, 0.717) is 5.56 Å². The maximum atomic E-state index is 12.2. The van der Waals surface area contributed by atoms with E-state index in [4.69, 9.17) is 0 Å². The van der Waals surface area contributed by atoms with Crippen molar-refractivity contribution in [2.24, 2.45) is 5.92 Å². The molecule has 0 radical (unpaired) electrons. The van der Waals surface area contributed by atoms with Gasteiger partial charge in [-0.15, -0.1) is 0 Å². The van der Waals surface area contributed by atoms with Gasteiger partial charge in [-0.1, -0.05) is 26.7 Å². The standard InChI is InChI=1S/C16H21N3O3/c1-3-5-13(11-17)15(6-4-2)18-16(20)12-7-9-14(10-8-12)19(21)22/h7-10,13,15H,3-6H2,1-2H3,(H,18,20)/t13-,15+/m0/s1. The molecule has 6 heteroatoms. The van der Waals surface area contributed by atoms with Crippen molar-refractivity contribution in [1.29, 1.82) is 5.26 Å². The molecule has 0 aliphatic carbocycles. The Labute approximate surface area is 130 Å². The fraction of sp³-hybridized carbons (Fsp3) is 0.500. The summed E-state index contributed by atoms with van der Waals surface area (Å²) in [6.45, 7) is 4.01. The highest BCUT2D eigenvalue weighted by molar-refractivity contribution is 5.94. The SMILES string of the molecule is CCC[C@@H](C#N)[C@@H](CCC)NC(=O)c1ccc([N+](=O)[O-])cc1. The van der Waals surface area contributed by atoms with Gasteiger partial charge in [0.25, 0.3) is 11.6 Å². The first kappa shape index (κ1) is 17.6. The van der Waals surface area contributed by atoms with Crippen LogP contribution in [0.1, 0.15) is 49.9 Å². The van der Waals surface area contributed by atoms with E-state index < -0.39 is 4.92 Å². The van der Waals surface area contributed by atoms with Crippen LogP contribution in [0.25, 0.3) is 0 Å². The highest BCUT2D eigenvalue weighted by Crippen LogP contribution is 2.17. The Morgan fingerprint density at radius 3 is 2.32 bits per heavy atom. The van der Waals surface area contributed by atoms with Gasteiger partial charge in [-0.05, 0) is 25.0 Å². The molecule has 1 N–H and O–H groups in total. The lowest BCUT2D eigenvalue weighted by Crippen LogP contribution is -2.39. The molecule has 0 aliphatic heterocycles. The van der Waals surface area contributed by atoms with E-state index in [1.807, 2.05) is 13.8 Å². The number of non-ortho nitro benzene ring substituents is 1. The van der Waals surface area contributed by atoms with E-state index in [9.17, 15) is 20.2 Å². The summed E-state index contributed by atoms with van der Waals surface area (Å²) >= 11 is 0. The topological polar surface area (TPSA) is 96.0 Å². The summed E-state index contributed by atoms with van der Waals surface area (Å²) in [4.78, 5) is 22.4. The average Bonchev–Trinajstić information content (AvgIpc) is 2.52. The van der Waals surface area contributed by atoms with Gasteiger partial charge in [0.1, 0.15) is 0 Å². The number of nitrogens with one attached hydrogen (secondary N) is 1. The van der Waals surface area contributed by atoms with Crippen LogP contribution < -0.4 is 5.32 Å². The largest absolute Gasteiger partial charge is 0.348 e. The van der Waals surface area contributed by atoms with Crippen LogP contribution in [-0.4, -0.2) is 16.9 Å². The van der Waals surface area contributed by atoms with Crippen molar-refractivity contribution in [3.8, 4) is 6.07 Å². The fourth-order valence-corrected chi connectivity index (χ4v) is 2.34. The highest BCUT2D eigenvalue weighted by atomic mass is 16.6. The van der Waals surface area contributed by atoms with Crippen molar-refractivity contribution in [2.45, 2.75) is 45.6 Å². The number of nitrogens with zero attached hydrogens (tertiary/aromatic N) is 2. The van der Waals surface area contributed by atoms with Gasteiger partial charge in [-0.2, -0.15) is 5.26 Å². The van der Waals surface area contributed by atoms with E-state index in [-0.39, 0.29) is 23.6 Å². The number of carbonyl (C=O) groups is 1. The maximum absolute atomic E-state index is 12.2. The van der Waals surface area contributed by atoms with Gasteiger partial charge < -0.3 is 5.32 Å². The lowest BCUT2D eigenvalue weighted by molar-refractivity contribution is -0.384. The molecule has 0 spiro atoms. The molecule has 0 unspecified atom stereocenters. The van der Waals surface area contributed by atoms with Crippen LogP contribution >= 0.6 is 0 Å². The molecular formula is C16H21N3O3. The number of hydrogen-bond acceptors (Lipinski definition) is 4. The zero-order valence-electron chi connectivity index (χ0n) is 12.9. The van der Waals surface area contributed by atoms with Gasteiger partial charge in [0.2, 0.25) is 0 Å². The zero-order valence-corrected chi connectivity index (χ0v) is 12.9. The van der Waals surface area contributed by atoms with Crippen LogP contribution in [0.4, 0.5) is 5.69 Å². The van der Waals surface area contributed by atoms with Gasteiger partial charge in [0, 0.05) is 23.7 Å². The molecule has 1 aromatic rings. The number of nitro benzene ring substituents is 1. The third-order valence-corrected chi connectivity index (χ3v) is 3.51. The molecule has 1 aromatic carbocycles. The fourth-order valence-electron chi connectivity index (χ4n) is 2.34. The Morgan fingerprint density at radius 1 is 1.27 bits per heavy atom. The molecule has 1 rings (SSSR count). The second kappa shape index (κ2) is 8.78. The lowest BCUT2D eigenvalue weighted by atomic mass is 9.92. The molecule has 2 atom stereocenters. The van der Waals surface area contributed by atoms with Gasteiger partial charge in [0.05, 0.1) is 16.9 Å². The first-order valence-corrected chi connectivity index (χ1v) is 7.48. The average molecular weight is 303 g/mol. The van der Waals surface area contributed by atoms with Crippen LogP contribution in [0.3, 0.4) is 0 Å². The molecular weight excluding hydrogens is 282 g/mol. The summed E-state index contributed by atoms with van der Waals surface area (Å²) in [5.74, 6) is -0.517. The number of rotatable bonds is 8. The summed E-state index contributed by atoms with van der Waals surface area (Å²) < 4.78 is 0. The number of benzene rings is 1. The first-order chi connectivity index (χ1) is 10.5. The molecule has 0 saturated carbocycles. The van der Waals surface area contributed by atoms with Crippen molar-refractivity contribution in [1.82, 2.24) is 5.32 Å². The Kier molecular flexibility index (Phi) is 7.03. The Balaban J connectivity index is 2.82. The number of hydrogen-bond donors (Lipinski definition) is 1. The monoisotopic (exact) mass is 303 g/mol. The minimum absolute atomic E-state index is 0.0532. The quantitative estimate of drug-likeness (QED) is 0.587. The summed E-state index contributed by atoms with van der Waals surface area (Å²) in [6.07, 6.45) is 3.22. The Bertz CT molecular complexity index is 549. The number of nitro groups is 1. The van der Waals surface area contributed by atoms with Crippen molar-refractivity contribution in [3.05, 3.63) is 39.9 Å². The number of amides is 1. The van der Waals surface area contributed by atoms with E-state index in [1.165, 1.54) is 24.3 Å². The van der Waals surface area contributed by atoms with Gasteiger partial charge in [-0.3, -0.25) is 14.9 Å². The van der Waals surface area contributed by atoms with E-state index in [2.05, 4.69) is 11.4 Å². The Morgan fingerprint density at radius 2 is 1.86 bits per heavy atom. The summed E-state index contributed by atoms with van der Waals surface area (Å²) in [5, 5.41) is 22.8. The van der Waals surface area contributed by atoms with Crippen molar-refractivity contribution in [3.63, 3.8) is 0 Å². The highest BCUT2D eigenvalue weighted by Gasteiger charge is 2.22. The molecule has 22 heavy (non-hydrogen) atoms. The minimum Gasteiger partial charge on any atom is -0.348 e. The summed E-state index contributed by atoms with van der Waals surface area (Å²) in [5.41, 5.74) is 0.308. The number of carbonyl (C=O) groups excluding carboxylic acids is 1. The molecule has 1 amide bonds. The third kappa shape index (κ3) is 4.85. The molecule has 0 aliphatic rings. The zero-order chi connectivity index (χ0) is 16.5. The number of nitriles is 1. The Hall–Kier alpha value is -2.42. The van der Waals surface area contributed by atoms with Crippen LogP contribution in [0.5, 0.6) is 0 Å². The second-order valence-electron chi connectivity index (χ2n) is 5.20. The normalized spacial score (nSPS) is 13.0. The predicted molar refractivity (Wildman–Crippen MR) is 83.3 cm³/mol. The van der Waals surface area contributed by atoms with Crippen LogP contribution in [0.15, 0.2) is 24.3 Å². The summed E-state index contributed by atoms with van der Waals surface area (Å²) in [6, 6.07) is 7.53. The first-order valence-electron chi connectivity index (χ1n) is 7.48. The molecule has 0 fully saturated rings. The summed E-state index contributed by atoms with van der Waals surface area (Å²) in [7, 11) is 0. The van der Waals surface area contributed by atoms with E-state index in [0.717, 1.165) is 25.7 Å². The van der Waals surface area contributed by atoms with E-state index in [1.54, 1.807) is 0 Å². The molecule has 0 aromatic heterocycles. The maximum Gasteiger partial charge on any atom is 0.269 e. The molecule has 0 heterocycles. The molecule has 118 valence electrons. The van der Waals surface area contributed by atoms with E-state index >= 15 is 0 Å². The van der Waals surface area contributed by atoms with Crippen molar-refractivity contribution >= 4 is 11.6 Å². The van der Waals surface area contributed by atoms with Crippen molar-refractivity contribution < 1.29 is 9.72 Å². The predicted octanol–water partition coefficient (Wildman–Crippen LogP) is 3.43. The molecule has 0 saturated heterocycles. The molecule has 6 nitrogen and oxygen atoms in total. The minimum atomic E-state index is -0.505. The smallest absolute Gasteiger partial charge is 0.269 e.